The molecule has 0 amide bonds. The molecule has 1 saturated heterocycles. The summed E-state index contributed by atoms with van der Waals surface area (Å²) < 4.78 is 1.08. The summed E-state index contributed by atoms with van der Waals surface area (Å²) in [6, 6.07) is 10.9. The maximum absolute atomic E-state index is 11.2. The molecule has 0 aliphatic carbocycles. The second-order valence-electron chi connectivity index (χ2n) is 6.13. The second-order valence-corrected chi connectivity index (χ2v) is 7.99. The van der Waals surface area contributed by atoms with Gasteiger partial charge in [-0.05, 0) is 67.6 Å². The van der Waals surface area contributed by atoms with E-state index in [0.29, 0.717) is 0 Å². The predicted octanol–water partition coefficient (Wildman–Crippen LogP) is 4.71. The first-order valence-electron chi connectivity index (χ1n) is 7.82. The maximum atomic E-state index is 11.2. The summed E-state index contributed by atoms with van der Waals surface area (Å²) >= 11 is 5.35. The highest BCUT2D eigenvalue weighted by molar-refractivity contribution is 9.10. The van der Waals surface area contributed by atoms with E-state index in [1.54, 1.807) is 11.3 Å². The van der Waals surface area contributed by atoms with Crippen LogP contribution in [0.4, 0.5) is 0 Å². The quantitative estimate of drug-likeness (QED) is 0.817. The van der Waals surface area contributed by atoms with Gasteiger partial charge >= 0.3 is 5.97 Å². The minimum absolute atomic E-state index is 0.195. The van der Waals surface area contributed by atoms with E-state index >= 15 is 0 Å². The maximum Gasteiger partial charge on any atom is 0.306 e. The molecule has 122 valence electrons. The fourth-order valence-electron chi connectivity index (χ4n) is 3.23. The molecule has 2 aromatic rings. The van der Waals surface area contributed by atoms with Crippen molar-refractivity contribution in [1.29, 1.82) is 0 Å². The molecule has 23 heavy (non-hydrogen) atoms. The molecule has 1 unspecified atom stereocenters. The van der Waals surface area contributed by atoms with Crippen LogP contribution in [0.3, 0.4) is 0 Å². The van der Waals surface area contributed by atoms with Crippen molar-refractivity contribution in [3.8, 4) is 0 Å². The number of halogens is 1. The predicted molar refractivity (Wildman–Crippen MR) is 97.0 cm³/mol. The summed E-state index contributed by atoms with van der Waals surface area (Å²) in [7, 11) is 0. The summed E-state index contributed by atoms with van der Waals surface area (Å²) in [5, 5.41) is 11.4. The monoisotopic (exact) mass is 393 g/mol. The number of likely N-dealkylation sites (tertiary alicyclic amines) is 1. The van der Waals surface area contributed by atoms with E-state index in [0.717, 1.165) is 30.4 Å². The van der Waals surface area contributed by atoms with Gasteiger partial charge in [-0.25, -0.2) is 0 Å². The Morgan fingerprint density at radius 3 is 2.65 bits per heavy atom. The topological polar surface area (TPSA) is 40.5 Å². The lowest BCUT2D eigenvalue weighted by Crippen LogP contribution is -2.39. The third-order valence-electron chi connectivity index (χ3n) is 4.43. The highest BCUT2D eigenvalue weighted by atomic mass is 79.9. The van der Waals surface area contributed by atoms with Gasteiger partial charge in [0.15, 0.2) is 0 Å². The van der Waals surface area contributed by atoms with Gasteiger partial charge in [0.1, 0.15) is 0 Å². The first-order chi connectivity index (χ1) is 11.0. The highest BCUT2D eigenvalue weighted by Crippen LogP contribution is 2.36. The van der Waals surface area contributed by atoms with Crippen molar-refractivity contribution in [3.63, 3.8) is 0 Å². The number of carboxylic acid groups (broad SMARTS) is 1. The van der Waals surface area contributed by atoms with E-state index in [-0.39, 0.29) is 12.0 Å². The van der Waals surface area contributed by atoms with Gasteiger partial charge in [0.05, 0.1) is 12.0 Å². The minimum Gasteiger partial charge on any atom is -0.481 e. The molecule has 0 saturated carbocycles. The summed E-state index contributed by atoms with van der Waals surface area (Å²) in [4.78, 5) is 14.9. The van der Waals surface area contributed by atoms with Crippen molar-refractivity contribution in [1.82, 2.24) is 4.90 Å². The smallest absolute Gasteiger partial charge is 0.306 e. The fraction of sp³-hybridized carbons (Fsp3) is 0.389. The van der Waals surface area contributed by atoms with E-state index in [9.17, 15) is 9.90 Å². The van der Waals surface area contributed by atoms with E-state index in [1.165, 1.54) is 16.0 Å². The third-order valence-corrected chi connectivity index (χ3v) is 6.02. The van der Waals surface area contributed by atoms with Crippen LogP contribution in [0.15, 0.2) is 40.2 Å². The number of piperidine rings is 1. The fourth-order valence-corrected chi connectivity index (χ4v) is 4.71. The van der Waals surface area contributed by atoms with Crippen LogP contribution in [0.25, 0.3) is 0 Å². The van der Waals surface area contributed by atoms with Crippen molar-refractivity contribution in [2.75, 3.05) is 13.1 Å². The van der Waals surface area contributed by atoms with Gasteiger partial charge in [-0.15, -0.1) is 11.3 Å². The van der Waals surface area contributed by atoms with Crippen LogP contribution in [0.2, 0.25) is 0 Å². The zero-order valence-electron chi connectivity index (χ0n) is 13.0. The average molecular weight is 394 g/mol. The molecule has 1 aromatic heterocycles. The largest absolute Gasteiger partial charge is 0.481 e. The summed E-state index contributed by atoms with van der Waals surface area (Å²) in [6.45, 7) is 3.77. The number of carbonyl (C=O) groups is 1. The molecule has 1 fully saturated rings. The molecule has 2 heterocycles. The van der Waals surface area contributed by atoms with Crippen molar-refractivity contribution < 1.29 is 9.90 Å². The van der Waals surface area contributed by atoms with Gasteiger partial charge in [-0.1, -0.05) is 28.1 Å². The SMILES string of the molecule is Cc1csc(C(c2cccc(Br)c2)N2CCC(C(=O)O)CC2)c1. The van der Waals surface area contributed by atoms with Crippen molar-refractivity contribution >= 4 is 33.2 Å². The summed E-state index contributed by atoms with van der Waals surface area (Å²) in [6.07, 6.45) is 1.45. The molecule has 1 aromatic carbocycles. The van der Waals surface area contributed by atoms with Crippen LogP contribution >= 0.6 is 27.3 Å². The van der Waals surface area contributed by atoms with Crippen molar-refractivity contribution in [3.05, 3.63) is 56.2 Å². The number of aryl methyl sites for hydroxylation is 1. The Kier molecular flexibility index (Phi) is 5.19. The Bertz CT molecular complexity index is 692. The molecule has 3 rings (SSSR count). The van der Waals surface area contributed by atoms with E-state index in [1.807, 2.05) is 6.07 Å². The number of hydrogen-bond acceptors (Lipinski definition) is 3. The number of hydrogen-bond donors (Lipinski definition) is 1. The third kappa shape index (κ3) is 3.84. The molecule has 1 N–H and O–H groups in total. The van der Waals surface area contributed by atoms with Crippen LogP contribution in [0.5, 0.6) is 0 Å². The number of benzene rings is 1. The Hall–Kier alpha value is -1.17. The number of thiophene rings is 1. The van der Waals surface area contributed by atoms with E-state index in [2.05, 4.69) is 57.4 Å². The Morgan fingerprint density at radius 2 is 2.09 bits per heavy atom. The number of aliphatic carboxylic acids is 1. The lowest BCUT2D eigenvalue weighted by Gasteiger charge is -2.36. The second kappa shape index (κ2) is 7.16. The highest BCUT2D eigenvalue weighted by Gasteiger charge is 2.30. The summed E-state index contributed by atoms with van der Waals surface area (Å²) in [5.41, 5.74) is 2.54. The molecule has 0 spiro atoms. The first-order valence-corrected chi connectivity index (χ1v) is 9.49. The van der Waals surface area contributed by atoms with Gasteiger partial charge in [-0.2, -0.15) is 0 Å². The van der Waals surface area contributed by atoms with E-state index in [4.69, 9.17) is 0 Å². The molecular formula is C18H20BrNO2S. The average Bonchev–Trinajstić information content (AvgIpc) is 2.94. The van der Waals surface area contributed by atoms with E-state index < -0.39 is 5.97 Å². The van der Waals surface area contributed by atoms with Crippen LogP contribution in [-0.2, 0) is 4.79 Å². The lowest BCUT2D eigenvalue weighted by molar-refractivity contribution is -0.143. The number of rotatable bonds is 4. The molecular weight excluding hydrogens is 374 g/mol. The molecule has 5 heteroatoms. The van der Waals surface area contributed by atoms with Gasteiger partial charge < -0.3 is 5.11 Å². The van der Waals surface area contributed by atoms with Crippen LogP contribution in [0, 0.1) is 12.8 Å². The van der Waals surface area contributed by atoms with Crippen molar-refractivity contribution in [2.45, 2.75) is 25.8 Å². The van der Waals surface area contributed by atoms with Crippen molar-refractivity contribution in [2.24, 2.45) is 5.92 Å². The van der Waals surface area contributed by atoms with Crippen LogP contribution in [0.1, 0.15) is 34.9 Å². The molecule has 0 radical (unpaired) electrons. The number of carboxylic acids is 1. The van der Waals surface area contributed by atoms with Gasteiger partial charge in [0.25, 0.3) is 0 Å². The molecule has 1 atom stereocenters. The molecule has 0 bridgehead atoms. The molecule has 1 aliphatic rings. The molecule has 1 aliphatic heterocycles. The van der Waals surface area contributed by atoms with Gasteiger partial charge in [0, 0.05) is 9.35 Å². The van der Waals surface area contributed by atoms with Crippen LogP contribution < -0.4 is 0 Å². The Balaban J connectivity index is 1.89. The zero-order chi connectivity index (χ0) is 16.4. The lowest BCUT2D eigenvalue weighted by atomic mass is 9.93. The normalized spacial score (nSPS) is 18.0. The number of nitrogens with zero attached hydrogens (tertiary/aromatic N) is 1. The van der Waals surface area contributed by atoms with Crippen LogP contribution in [-0.4, -0.2) is 29.1 Å². The zero-order valence-corrected chi connectivity index (χ0v) is 15.4. The standard InChI is InChI=1S/C18H20BrNO2S/c1-12-9-16(23-11-12)17(14-3-2-4-15(19)10-14)20-7-5-13(6-8-20)18(21)22/h2-4,9-11,13,17H,5-8H2,1H3,(H,21,22). The summed E-state index contributed by atoms with van der Waals surface area (Å²) in [5.74, 6) is -0.852. The minimum atomic E-state index is -0.657. The van der Waals surface area contributed by atoms with Gasteiger partial charge in [0.2, 0.25) is 0 Å². The Morgan fingerprint density at radius 1 is 1.35 bits per heavy atom. The Labute approximate surface area is 149 Å². The molecule has 3 nitrogen and oxygen atoms in total. The van der Waals surface area contributed by atoms with Gasteiger partial charge in [-0.3, -0.25) is 9.69 Å². The first kappa shape index (κ1) is 16.7.